The molecule has 0 saturated carbocycles. The summed E-state index contributed by atoms with van der Waals surface area (Å²) in [5.41, 5.74) is 1.69. The van der Waals surface area contributed by atoms with Gasteiger partial charge < -0.3 is 9.47 Å². The Morgan fingerprint density at radius 3 is 2.48 bits per heavy atom. The Hall–Kier alpha value is -2.29. The number of fused-ring (bicyclic) bond motifs is 1. The van der Waals surface area contributed by atoms with Crippen LogP contribution in [0.3, 0.4) is 0 Å². The van der Waals surface area contributed by atoms with Crippen molar-refractivity contribution >= 4 is 5.78 Å². The first-order valence-electron chi connectivity index (χ1n) is 7.24. The Balaban J connectivity index is 1.86. The fraction of sp³-hybridized carbons (Fsp3) is 0.278. The summed E-state index contributed by atoms with van der Waals surface area (Å²) in [6, 6.07) is 15.2. The second-order valence-corrected chi connectivity index (χ2v) is 5.21. The first-order valence-corrected chi connectivity index (χ1v) is 7.24. The highest BCUT2D eigenvalue weighted by atomic mass is 16.5. The van der Waals surface area contributed by atoms with Crippen LogP contribution in [0.25, 0.3) is 0 Å². The molecule has 1 atom stereocenters. The summed E-state index contributed by atoms with van der Waals surface area (Å²) in [6.45, 7) is 3.21. The number of ether oxygens (including phenoxy) is 2. The normalized spacial score (nSPS) is 15.1. The minimum atomic E-state index is -0.170. The molecule has 2 aromatic rings. The minimum Gasteiger partial charge on any atom is -0.490 e. The van der Waals surface area contributed by atoms with Gasteiger partial charge in [0.25, 0.3) is 0 Å². The lowest BCUT2D eigenvalue weighted by atomic mass is 9.92. The zero-order chi connectivity index (χ0) is 14.7. The molecule has 108 valence electrons. The van der Waals surface area contributed by atoms with Crippen molar-refractivity contribution in [2.45, 2.75) is 19.3 Å². The van der Waals surface area contributed by atoms with Crippen molar-refractivity contribution in [2.24, 2.45) is 0 Å². The van der Waals surface area contributed by atoms with Crippen molar-refractivity contribution in [3.63, 3.8) is 0 Å². The summed E-state index contributed by atoms with van der Waals surface area (Å²) in [4.78, 5) is 12.6. The molecule has 1 aliphatic rings. The third-order valence-corrected chi connectivity index (χ3v) is 3.72. The van der Waals surface area contributed by atoms with Crippen molar-refractivity contribution < 1.29 is 14.3 Å². The Labute approximate surface area is 124 Å². The van der Waals surface area contributed by atoms with Crippen molar-refractivity contribution in [3.8, 4) is 11.5 Å². The van der Waals surface area contributed by atoms with Crippen molar-refractivity contribution in [1.82, 2.24) is 0 Å². The highest BCUT2D eigenvalue weighted by Gasteiger charge is 2.19. The molecule has 1 aliphatic heterocycles. The molecule has 1 heterocycles. The number of hydrogen-bond donors (Lipinski definition) is 0. The van der Waals surface area contributed by atoms with Crippen LogP contribution in [0.1, 0.15) is 35.2 Å². The molecule has 0 radical (unpaired) electrons. The molecule has 0 amide bonds. The molecule has 0 saturated heterocycles. The van der Waals surface area contributed by atoms with E-state index >= 15 is 0 Å². The summed E-state index contributed by atoms with van der Waals surface area (Å²) >= 11 is 0. The number of Topliss-reactive ketones (excluding diaryl/α,β-unsaturated/α-hetero) is 1. The Morgan fingerprint density at radius 2 is 1.71 bits per heavy atom. The number of ketones is 1. The number of carbonyl (C=O) groups is 1. The molecule has 1 unspecified atom stereocenters. The molecule has 3 heteroatoms. The maximum atomic E-state index is 12.6. The molecule has 3 nitrogen and oxygen atoms in total. The van der Waals surface area contributed by atoms with Crippen LogP contribution in [-0.2, 0) is 0 Å². The monoisotopic (exact) mass is 282 g/mol. The van der Waals surface area contributed by atoms with E-state index in [2.05, 4.69) is 0 Å². The van der Waals surface area contributed by atoms with Crippen molar-refractivity contribution in [3.05, 3.63) is 59.7 Å². The van der Waals surface area contributed by atoms with Crippen LogP contribution >= 0.6 is 0 Å². The van der Waals surface area contributed by atoms with E-state index in [1.54, 1.807) is 6.07 Å². The van der Waals surface area contributed by atoms with Crippen LogP contribution in [0.2, 0.25) is 0 Å². The molecular formula is C18H18O3. The van der Waals surface area contributed by atoms with Gasteiger partial charge in [-0.25, -0.2) is 0 Å². The third kappa shape index (κ3) is 2.92. The zero-order valence-electron chi connectivity index (χ0n) is 12.0. The molecule has 0 aromatic heterocycles. The van der Waals surface area contributed by atoms with Crippen LogP contribution in [0.4, 0.5) is 0 Å². The van der Waals surface area contributed by atoms with Crippen LogP contribution < -0.4 is 9.47 Å². The zero-order valence-corrected chi connectivity index (χ0v) is 12.0. The van der Waals surface area contributed by atoms with E-state index in [9.17, 15) is 4.79 Å². The van der Waals surface area contributed by atoms with Gasteiger partial charge in [0.1, 0.15) is 0 Å². The lowest BCUT2D eigenvalue weighted by Crippen LogP contribution is -2.10. The van der Waals surface area contributed by atoms with E-state index in [-0.39, 0.29) is 11.7 Å². The van der Waals surface area contributed by atoms with E-state index in [0.29, 0.717) is 24.5 Å². The number of carbonyl (C=O) groups excluding carboxylic acids is 1. The van der Waals surface area contributed by atoms with Crippen LogP contribution in [0.15, 0.2) is 48.5 Å². The molecule has 21 heavy (non-hydrogen) atoms. The summed E-state index contributed by atoms with van der Waals surface area (Å²) in [6.07, 6.45) is 0.860. The van der Waals surface area contributed by atoms with Gasteiger partial charge in [0, 0.05) is 17.9 Å². The quantitative estimate of drug-likeness (QED) is 0.802. The predicted molar refractivity (Wildman–Crippen MR) is 81.2 cm³/mol. The lowest BCUT2D eigenvalue weighted by molar-refractivity contribution is 0.0965. The Kier molecular flexibility index (Phi) is 3.91. The fourth-order valence-electron chi connectivity index (χ4n) is 2.46. The minimum absolute atomic E-state index is 0.0943. The molecule has 0 aliphatic carbocycles. The fourth-order valence-corrected chi connectivity index (χ4v) is 2.46. The van der Waals surface area contributed by atoms with Gasteiger partial charge in [0.15, 0.2) is 17.3 Å². The average molecular weight is 282 g/mol. The SMILES string of the molecule is CC(C(=O)c1ccc2c(c1)OCCCO2)c1ccccc1. The van der Waals surface area contributed by atoms with E-state index < -0.39 is 0 Å². The van der Waals surface area contributed by atoms with Crippen LogP contribution in [0, 0.1) is 0 Å². The van der Waals surface area contributed by atoms with Gasteiger partial charge in [0.05, 0.1) is 13.2 Å². The first kappa shape index (κ1) is 13.7. The Bertz CT molecular complexity index is 634. The third-order valence-electron chi connectivity index (χ3n) is 3.72. The molecular weight excluding hydrogens is 264 g/mol. The van der Waals surface area contributed by atoms with Gasteiger partial charge in [-0.1, -0.05) is 37.3 Å². The van der Waals surface area contributed by atoms with Gasteiger partial charge in [-0.3, -0.25) is 4.79 Å². The van der Waals surface area contributed by atoms with Gasteiger partial charge >= 0.3 is 0 Å². The van der Waals surface area contributed by atoms with E-state index in [1.807, 2.05) is 49.4 Å². The van der Waals surface area contributed by atoms with E-state index in [4.69, 9.17) is 9.47 Å². The van der Waals surface area contributed by atoms with Gasteiger partial charge in [0.2, 0.25) is 0 Å². The highest BCUT2D eigenvalue weighted by Crippen LogP contribution is 2.32. The first-order chi connectivity index (χ1) is 10.3. The van der Waals surface area contributed by atoms with Crippen molar-refractivity contribution in [1.29, 1.82) is 0 Å². The second-order valence-electron chi connectivity index (χ2n) is 5.21. The largest absolute Gasteiger partial charge is 0.490 e. The molecule has 0 spiro atoms. The van der Waals surface area contributed by atoms with Crippen LogP contribution in [-0.4, -0.2) is 19.0 Å². The topological polar surface area (TPSA) is 35.5 Å². The van der Waals surface area contributed by atoms with E-state index in [0.717, 1.165) is 17.7 Å². The van der Waals surface area contributed by atoms with Gasteiger partial charge in [-0.15, -0.1) is 0 Å². The summed E-state index contributed by atoms with van der Waals surface area (Å²) in [5, 5.41) is 0. The molecule has 2 aromatic carbocycles. The molecule has 0 bridgehead atoms. The maximum absolute atomic E-state index is 12.6. The molecule has 0 N–H and O–H groups in total. The van der Waals surface area contributed by atoms with Crippen molar-refractivity contribution in [2.75, 3.05) is 13.2 Å². The summed E-state index contributed by atoms with van der Waals surface area (Å²) in [5.74, 6) is 1.31. The van der Waals surface area contributed by atoms with Gasteiger partial charge in [-0.05, 0) is 23.8 Å². The van der Waals surface area contributed by atoms with Gasteiger partial charge in [-0.2, -0.15) is 0 Å². The number of hydrogen-bond acceptors (Lipinski definition) is 3. The maximum Gasteiger partial charge on any atom is 0.170 e. The average Bonchev–Trinajstić information content (AvgIpc) is 2.79. The standard InChI is InChI=1S/C18H18O3/c1-13(14-6-3-2-4-7-14)18(19)15-8-9-16-17(12-15)21-11-5-10-20-16/h2-4,6-9,12-13H,5,10-11H2,1H3. The Morgan fingerprint density at radius 1 is 1.00 bits per heavy atom. The second kappa shape index (κ2) is 6.00. The van der Waals surface area contributed by atoms with Crippen LogP contribution in [0.5, 0.6) is 11.5 Å². The predicted octanol–water partition coefficient (Wildman–Crippen LogP) is 3.83. The van der Waals surface area contributed by atoms with E-state index in [1.165, 1.54) is 0 Å². The summed E-state index contributed by atoms with van der Waals surface area (Å²) < 4.78 is 11.2. The smallest absolute Gasteiger partial charge is 0.170 e. The molecule has 0 fully saturated rings. The number of rotatable bonds is 3. The summed E-state index contributed by atoms with van der Waals surface area (Å²) in [7, 11) is 0. The highest BCUT2D eigenvalue weighted by molar-refractivity contribution is 6.01. The lowest BCUT2D eigenvalue weighted by Gasteiger charge is -2.13. The molecule has 3 rings (SSSR count). The number of benzene rings is 2.